The smallest absolute Gasteiger partial charge is 0.198 e. The van der Waals surface area contributed by atoms with Gasteiger partial charge in [0.2, 0.25) is 0 Å². The van der Waals surface area contributed by atoms with Crippen molar-refractivity contribution >= 4 is 11.6 Å². The van der Waals surface area contributed by atoms with E-state index in [1.807, 2.05) is 18.2 Å². The fourth-order valence-corrected chi connectivity index (χ4v) is 3.22. The zero-order valence-electron chi connectivity index (χ0n) is 13.8. The van der Waals surface area contributed by atoms with Gasteiger partial charge in [0.25, 0.3) is 0 Å². The van der Waals surface area contributed by atoms with Gasteiger partial charge in [-0.1, -0.05) is 12.1 Å². The number of pyridine rings is 1. The Hall–Kier alpha value is -3.08. The number of aromatic amines is 1. The molecule has 0 aliphatic carbocycles. The molecular weight excluding hydrogens is 314 g/mol. The molecule has 5 nitrogen and oxygen atoms in total. The lowest BCUT2D eigenvalue weighted by Gasteiger charge is -2.16. The third-order valence-electron chi connectivity index (χ3n) is 4.58. The minimum absolute atomic E-state index is 0.00418. The maximum atomic E-state index is 12.6. The number of H-pyrrole nitrogens is 1. The molecule has 2 aromatic heterocycles. The Morgan fingerprint density at radius 2 is 1.92 bits per heavy atom. The molecule has 25 heavy (non-hydrogen) atoms. The van der Waals surface area contributed by atoms with Crippen molar-refractivity contribution in [3.63, 3.8) is 0 Å². The maximum Gasteiger partial charge on any atom is 0.198 e. The predicted molar refractivity (Wildman–Crippen MR) is 97.0 cm³/mol. The van der Waals surface area contributed by atoms with Crippen molar-refractivity contribution in [3.05, 3.63) is 66.0 Å². The van der Waals surface area contributed by atoms with Crippen LogP contribution in [-0.4, -0.2) is 33.9 Å². The van der Waals surface area contributed by atoms with Gasteiger partial charge < -0.3 is 15.0 Å². The second-order valence-electron chi connectivity index (χ2n) is 6.25. The highest BCUT2D eigenvalue weighted by Gasteiger charge is 2.17. The molecule has 0 spiro atoms. The normalized spacial score (nSPS) is 14.0. The summed E-state index contributed by atoms with van der Waals surface area (Å²) in [5, 5.41) is 9.88. The Labute approximate surface area is 146 Å². The molecule has 1 aliphatic heterocycles. The first-order valence-corrected chi connectivity index (χ1v) is 8.45. The van der Waals surface area contributed by atoms with Crippen molar-refractivity contribution in [1.82, 2.24) is 9.97 Å². The first-order chi connectivity index (χ1) is 12.2. The van der Waals surface area contributed by atoms with Gasteiger partial charge in [0.15, 0.2) is 5.78 Å². The summed E-state index contributed by atoms with van der Waals surface area (Å²) in [5.74, 6) is 0.767. The molecule has 5 heteroatoms. The Kier molecular flexibility index (Phi) is 3.98. The predicted octanol–water partition coefficient (Wildman–Crippen LogP) is 3.61. The Morgan fingerprint density at radius 3 is 2.72 bits per heavy atom. The fourth-order valence-electron chi connectivity index (χ4n) is 3.22. The van der Waals surface area contributed by atoms with Gasteiger partial charge in [0.1, 0.15) is 11.6 Å². The number of aromatic nitrogens is 2. The number of rotatable bonds is 4. The number of para-hydroxylation sites is 1. The number of anilines is 1. The number of nitrogens with one attached hydrogen (secondary N) is 1. The van der Waals surface area contributed by atoms with Gasteiger partial charge in [-0.3, -0.25) is 4.79 Å². The number of aromatic hydroxyl groups is 1. The largest absolute Gasteiger partial charge is 0.507 e. The van der Waals surface area contributed by atoms with E-state index in [1.54, 1.807) is 30.6 Å². The molecule has 1 aliphatic rings. The van der Waals surface area contributed by atoms with Gasteiger partial charge in [-0.15, -0.1) is 0 Å². The molecule has 1 fully saturated rings. The molecule has 1 saturated heterocycles. The van der Waals surface area contributed by atoms with Gasteiger partial charge in [-0.2, -0.15) is 0 Å². The molecule has 0 atom stereocenters. The van der Waals surface area contributed by atoms with Crippen LogP contribution in [0.2, 0.25) is 0 Å². The maximum absolute atomic E-state index is 12.6. The molecule has 0 bridgehead atoms. The van der Waals surface area contributed by atoms with Crippen LogP contribution in [0.5, 0.6) is 5.75 Å². The van der Waals surface area contributed by atoms with E-state index in [2.05, 4.69) is 14.9 Å². The first kappa shape index (κ1) is 15.4. The number of nitrogens with zero attached hydrogens (tertiary/aromatic N) is 2. The van der Waals surface area contributed by atoms with E-state index in [9.17, 15) is 9.90 Å². The lowest BCUT2D eigenvalue weighted by atomic mass is 10.0. The molecule has 0 saturated carbocycles. The Balaban J connectivity index is 1.62. The Bertz CT molecular complexity index is 911. The quantitative estimate of drug-likeness (QED) is 0.716. The first-order valence-electron chi connectivity index (χ1n) is 8.45. The van der Waals surface area contributed by atoms with Crippen molar-refractivity contribution < 1.29 is 9.90 Å². The highest BCUT2D eigenvalue weighted by atomic mass is 16.3. The highest BCUT2D eigenvalue weighted by molar-refractivity contribution is 6.11. The summed E-state index contributed by atoms with van der Waals surface area (Å²) < 4.78 is 0. The number of phenols is 1. The summed E-state index contributed by atoms with van der Waals surface area (Å²) >= 11 is 0. The van der Waals surface area contributed by atoms with Crippen molar-refractivity contribution in [2.75, 3.05) is 18.0 Å². The second kappa shape index (κ2) is 6.43. The molecule has 4 rings (SSSR count). The monoisotopic (exact) mass is 333 g/mol. The molecule has 3 aromatic rings. The Morgan fingerprint density at radius 1 is 1.12 bits per heavy atom. The number of benzene rings is 1. The van der Waals surface area contributed by atoms with Crippen LogP contribution >= 0.6 is 0 Å². The average Bonchev–Trinajstić information content (AvgIpc) is 3.34. The molecular formula is C20H19N3O2. The summed E-state index contributed by atoms with van der Waals surface area (Å²) in [4.78, 5) is 22.5. The van der Waals surface area contributed by atoms with Crippen molar-refractivity contribution in [1.29, 1.82) is 0 Å². The lowest BCUT2D eigenvalue weighted by Crippen LogP contribution is -2.18. The molecule has 1 aromatic carbocycles. The molecule has 2 N–H and O–H groups in total. The number of hydrogen-bond acceptors (Lipinski definition) is 4. The summed E-state index contributed by atoms with van der Waals surface area (Å²) in [6.07, 6.45) is 5.88. The summed E-state index contributed by atoms with van der Waals surface area (Å²) in [5.41, 5.74) is 2.69. The lowest BCUT2D eigenvalue weighted by molar-refractivity contribution is 0.103. The molecule has 126 valence electrons. The van der Waals surface area contributed by atoms with E-state index in [4.69, 9.17) is 0 Å². The molecule has 3 heterocycles. The third kappa shape index (κ3) is 3.01. The average molecular weight is 333 g/mol. The topological polar surface area (TPSA) is 69.2 Å². The standard InChI is InChI=1S/C20H19N3O2/c24-18-6-2-1-5-16(18)20(25)15-11-17(22-13-15)14-7-8-21-19(12-14)23-9-3-4-10-23/h1-2,5-8,11-13,22,24H,3-4,9-10H2. The highest BCUT2D eigenvalue weighted by Crippen LogP contribution is 2.26. The zero-order chi connectivity index (χ0) is 17.2. The van der Waals surface area contributed by atoms with E-state index < -0.39 is 0 Å². The van der Waals surface area contributed by atoms with Crippen LogP contribution in [-0.2, 0) is 0 Å². The summed E-state index contributed by atoms with van der Waals surface area (Å²) in [6, 6.07) is 12.4. The number of ketones is 1. The second-order valence-corrected chi connectivity index (χ2v) is 6.25. The van der Waals surface area contributed by atoms with E-state index in [-0.39, 0.29) is 11.5 Å². The van der Waals surface area contributed by atoms with E-state index in [0.717, 1.165) is 30.2 Å². The van der Waals surface area contributed by atoms with Crippen LogP contribution in [0, 0.1) is 0 Å². The number of phenolic OH excluding ortho intramolecular Hbond substituents is 1. The number of carbonyl (C=O) groups is 1. The minimum atomic E-state index is -0.200. The van der Waals surface area contributed by atoms with Crippen LogP contribution in [0.25, 0.3) is 11.3 Å². The van der Waals surface area contributed by atoms with Crippen LogP contribution in [0.1, 0.15) is 28.8 Å². The van der Waals surface area contributed by atoms with Gasteiger partial charge >= 0.3 is 0 Å². The van der Waals surface area contributed by atoms with Gasteiger partial charge in [-0.05, 0) is 43.2 Å². The van der Waals surface area contributed by atoms with E-state index in [0.29, 0.717) is 11.1 Å². The zero-order valence-corrected chi connectivity index (χ0v) is 13.8. The SMILES string of the molecule is O=C(c1c[nH]c(-c2ccnc(N3CCCC3)c2)c1)c1ccccc1O. The number of carbonyl (C=O) groups excluding carboxylic acids is 1. The molecule has 0 amide bonds. The summed E-state index contributed by atoms with van der Waals surface area (Å²) in [7, 11) is 0. The van der Waals surface area contributed by atoms with Crippen LogP contribution in [0.3, 0.4) is 0 Å². The van der Waals surface area contributed by atoms with E-state index >= 15 is 0 Å². The van der Waals surface area contributed by atoms with Gasteiger partial charge in [0, 0.05) is 42.3 Å². The number of hydrogen-bond donors (Lipinski definition) is 2. The molecule has 0 unspecified atom stereocenters. The van der Waals surface area contributed by atoms with Gasteiger partial charge in [-0.25, -0.2) is 4.98 Å². The van der Waals surface area contributed by atoms with Crippen molar-refractivity contribution in [2.24, 2.45) is 0 Å². The van der Waals surface area contributed by atoms with Crippen LogP contribution < -0.4 is 4.90 Å². The van der Waals surface area contributed by atoms with Crippen molar-refractivity contribution in [2.45, 2.75) is 12.8 Å². The minimum Gasteiger partial charge on any atom is -0.507 e. The van der Waals surface area contributed by atoms with Crippen LogP contribution in [0.15, 0.2) is 54.9 Å². The van der Waals surface area contributed by atoms with Gasteiger partial charge in [0.05, 0.1) is 5.56 Å². The molecule has 0 radical (unpaired) electrons. The van der Waals surface area contributed by atoms with Crippen molar-refractivity contribution in [3.8, 4) is 17.0 Å². The fraction of sp³-hybridized carbons (Fsp3) is 0.200. The van der Waals surface area contributed by atoms with Crippen LogP contribution in [0.4, 0.5) is 5.82 Å². The third-order valence-corrected chi connectivity index (χ3v) is 4.58. The summed E-state index contributed by atoms with van der Waals surface area (Å²) in [6.45, 7) is 2.08. The van der Waals surface area contributed by atoms with E-state index in [1.165, 1.54) is 18.9 Å².